The van der Waals surface area contributed by atoms with E-state index in [-0.39, 0.29) is 0 Å². The largest absolute Gasteiger partial charge is 0.337 e. The average Bonchev–Trinajstić information content (AvgIpc) is 2.75. The molecule has 4 nitrogen and oxygen atoms in total. The van der Waals surface area contributed by atoms with Crippen LogP contribution in [-0.2, 0) is 16.1 Å². The molecule has 0 bridgehead atoms. The van der Waals surface area contributed by atoms with E-state index in [9.17, 15) is 4.79 Å². The molecule has 0 aromatic carbocycles. The number of hydrogen-bond acceptors (Lipinski definition) is 2. The second-order valence-corrected chi connectivity index (χ2v) is 3.92. The lowest BCUT2D eigenvalue weighted by Gasteiger charge is -2.02. The van der Waals surface area contributed by atoms with Gasteiger partial charge in [0, 0.05) is 7.11 Å². The van der Waals surface area contributed by atoms with Gasteiger partial charge in [0.2, 0.25) is 6.33 Å². The Bertz CT molecular complexity index is 310. The number of nitrogens with zero attached hydrogens (tertiary/aromatic N) is 2. The predicted octanol–water partition coefficient (Wildman–Crippen LogP) is 1.70. The predicted molar refractivity (Wildman–Crippen MR) is 60.9 cm³/mol. The number of ether oxygens (including phenoxy) is 1. The molecule has 4 heteroatoms. The van der Waals surface area contributed by atoms with Crippen molar-refractivity contribution < 1.29 is 14.1 Å². The number of hydrogen-bond donors (Lipinski definition) is 0. The average molecular weight is 225 g/mol. The maximum absolute atomic E-state index is 10.7. The van der Waals surface area contributed by atoms with E-state index in [1.807, 2.05) is 18.7 Å². The van der Waals surface area contributed by atoms with E-state index in [1.165, 1.54) is 32.8 Å². The Morgan fingerprint density at radius 1 is 1.44 bits per heavy atom. The van der Waals surface area contributed by atoms with Crippen molar-refractivity contribution in [3.05, 3.63) is 18.7 Å². The number of aldehydes is 1. The van der Waals surface area contributed by atoms with Crippen LogP contribution in [0.5, 0.6) is 0 Å². The first kappa shape index (κ1) is 12.9. The Labute approximate surface area is 96.8 Å². The molecule has 16 heavy (non-hydrogen) atoms. The molecule has 1 aromatic rings. The smallest absolute Gasteiger partial charge is 0.258 e. The third-order valence-electron chi connectivity index (χ3n) is 2.63. The maximum Gasteiger partial charge on any atom is 0.258 e. The zero-order chi connectivity index (χ0) is 11.8. The standard InChI is InChI=1S/C12H21N2O2/c1-3-4-5-6-7-13-8-9-14(11-13)12(10-15)16-2/h8-12H,3-7H2,1-2H3/q+1. The van der Waals surface area contributed by atoms with Gasteiger partial charge in [0.1, 0.15) is 12.4 Å². The molecule has 1 unspecified atom stereocenters. The highest BCUT2D eigenvalue weighted by Gasteiger charge is 2.14. The lowest BCUT2D eigenvalue weighted by atomic mass is 10.2. The second-order valence-electron chi connectivity index (χ2n) is 3.92. The minimum absolute atomic E-state index is 0.503. The Morgan fingerprint density at radius 3 is 2.88 bits per heavy atom. The van der Waals surface area contributed by atoms with Gasteiger partial charge in [-0.2, -0.15) is 0 Å². The molecule has 0 aliphatic rings. The van der Waals surface area contributed by atoms with Gasteiger partial charge >= 0.3 is 0 Å². The number of unbranched alkanes of at least 4 members (excludes halogenated alkanes) is 3. The Kier molecular flexibility index (Phi) is 5.78. The number of carbonyl (C=O) groups excluding carboxylic acids is 1. The summed E-state index contributed by atoms with van der Waals surface area (Å²) < 4.78 is 8.88. The van der Waals surface area contributed by atoms with Crippen LogP contribution in [0.3, 0.4) is 0 Å². The molecule has 0 aliphatic heterocycles. The number of carbonyl (C=O) groups is 1. The van der Waals surface area contributed by atoms with Gasteiger partial charge in [-0.15, -0.1) is 0 Å². The normalized spacial score (nSPS) is 12.6. The first-order valence-corrected chi connectivity index (χ1v) is 5.86. The van der Waals surface area contributed by atoms with E-state index >= 15 is 0 Å². The van der Waals surface area contributed by atoms with Crippen molar-refractivity contribution in [1.82, 2.24) is 4.57 Å². The number of aromatic nitrogens is 2. The molecule has 90 valence electrons. The van der Waals surface area contributed by atoms with Crippen LogP contribution in [0.25, 0.3) is 0 Å². The Balaban J connectivity index is 2.41. The lowest BCUT2D eigenvalue weighted by molar-refractivity contribution is -0.697. The van der Waals surface area contributed by atoms with Gasteiger partial charge in [0.15, 0.2) is 6.29 Å². The molecule has 0 amide bonds. The van der Waals surface area contributed by atoms with Crippen molar-refractivity contribution >= 4 is 6.29 Å². The van der Waals surface area contributed by atoms with E-state index < -0.39 is 6.23 Å². The van der Waals surface area contributed by atoms with Gasteiger partial charge in [0.25, 0.3) is 6.23 Å². The molecule has 0 aliphatic carbocycles. The fourth-order valence-electron chi connectivity index (χ4n) is 1.66. The number of rotatable bonds is 8. The third-order valence-corrected chi connectivity index (χ3v) is 2.63. The van der Waals surface area contributed by atoms with Gasteiger partial charge < -0.3 is 4.74 Å². The molecule has 1 heterocycles. The summed E-state index contributed by atoms with van der Waals surface area (Å²) in [7, 11) is 1.53. The molecule has 0 radical (unpaired) electrons. The van der Waals surface area contributed by atoms with Crippen LogP contribution in [0, 0.1) is 0 Å². The number of methoxy groups -OCH3 is 1. The summed E-state index contributed by atoms with van der Waals surface area (Å²) in [5, 5.41) is 0. The van der Waals surface area contributed by atoms with Crippen LogP contribution in [0.15, 0.2) is 18.7 Å². The van der Waals surface area contributed by atoms with Crippen LogP contribution in [0.2, 0.25) is 0 Å². The summed E-state index contributed by atoms with van der Waals surface area (Å²) in [5.74, 6) is 0. The molecule has 1 atom stereocenters. The summed E-state index contributed by atoms with van der Waals surface area (Å²) >= 11 is 0. The first-order chi connectivity index (χ1) is 7.81. The van der Waals surface area contributed by atoms with Crippen LogP contribution in [-0.4, -0.2) is 18.0 Å². The number of aryl methyl sites for hydroxylation is 1. The fraction of sp³-hybridized carbons (Fsp3) is 0.667. The van der Waals surface area contributed by atoms with Gasteiger partial charge in [-0.3, -0.25) is 4.79 Å². The summed E-state index contributed by atoms with van der Waals surface area (Å²) in [5.41, 5.74) is 0. The van der Waals surface area contributed by atoms with E-state index in [0.717, 1.165) is 12.8 Å². The van der Waals surface area contributed by atoms with E-state index in [4.69, 9.17) is 4.74 Å². The highest BCUT2D eigenvalue weighted by atomic mass is 16.5. The van der Waals surface area contributed by atoms with Crippen molar-refractivity contribution in [2.24, 2.45) is 0 Å². The summed E-state index contributed by atoms with van der Waals surface area (Å²) in [4.78, 5) is 10.7. The highest BCUT2D eigenvalue weighted by molar-refractivity contribution is 5.53. The van der Waals surface area contributed by atoms with Gasteiger partial charge in [-0.1, -0.05) is 19.8 Å². The fourth-order valence-corrected chi connectivity index (χ4v) is 1.66. The topological polar surface area (TPSA) is 35.1 Å². The number of imidazole rings is 1. The van der Waals surface area contributed by atoms with Crippen LogP contribution in [0.4, 0.5) is 0 Å². The van der Waals surface area contributed by atoms with E-state index in [1.54, 1.807) is 4.57 Å². The molecular formula is C12H21N2O2+. The molecule has 1 rings (SSSR count). The Hall–Kier alpha value is -1.16. The minimum atomic E-state index is -0.503. The molecule has 0 spiro atoms. The van der Waals surface area contributed by atoms with Gasteiger partial charge in [-0.25, -0.2) is 9.13 Å². The molecule has 1 aromatic heterocycles. The molecular weight excluding hydrogens is 204 g/mol. The minimum Gasteiger partial charge on any atom is -0.337 e. The first-order valence-electron chi connectivity index (χ1n) is 5.86. The van der Waals surface area contributed by atoms with Gasteiger partial charge in [0.05, 0.1) is 6.54 Å². The van der Waals surface area contributed by atoms with E-state index in [2.05, 4.69) is 11.5 Å². The molecule has 0 saturated carbocycles. The van der Waals surface area contributed by atoms with Crippen LogP contribution >= 0.6 is 0 Å². The van der Waals surface area contributed by atoms with Crippen LogP contribution < -0.4 is 4.57 Å². The third kappa shape index (κ3) is 3.77. The quantitative estimate of drug-likeness (QED) is 0.383. The van der Waals surface area contributed by atoms with Crippen molar-refractivity contribution in [1.29, 1.82) is 0 Å². The van der Waals surface area contributed by atoms with Crippen molar-refractivity contribution in [3.8, 4) is 0 Å². The van der Waals surface area contributed by atoms with Crippen LogP contribution in [0.1, 0.15) is 38.8 Å². The summed E-state index contributed by atoms with van der Waals surface area (Å²) in [6.45, 7) is 3.21. The highest BCUT2D eigenvalue weighted by Crippen LogP contribution is 2.02. The van der Waals surface area contributed by atoms with E-state index in [0.29, 0.717) is 0 Å². The van der Waals surface area contributed by atoms with Crippen molar-refractivity contribution in [2.75, 3.05) is 7.11 Å². The molecule has 0 saturated heterocycles. The summed E-state index contributed by atoms with van der Waals surface area (Å²) in [6, 6.07) is 0. The SMILES string of the molecule is CCCCCC[n+]1ccn(C(C=O)OC)c1. The zero-order valence-corrected chi connectivity index (χ0v) is 10.1. The van der Waals surface area contributed by atoms with Crippen molar-refractivity contribution in [3.63, 3.8) is 0 Å². The van der Waals surface area contributed by atoms with Crippen molar-refractivity contribution in [2.45, 2.75) is 45.4 Å². The molecule has 0 fully saturated rings. The monoisotopic (exact) mass is 225 g/mol. The van der Waals surface area contributed by atoms with Gasteiger partial charge in [-0.05, 0) is 12.8 Å². The second kappa shape index (κ2) is 7.17. The lowest BCUT2D eigenvalue weighted by Crippen LogP contribution is -2.31. The zero-order valence-electron chi connectivity index (χ0n) is 10.1. The molecule has 0 N–H and O–H groups in total. The Morgan fingerprint density at radius 2 is 2.25 bits per heavy atom. The summed E-state index contributed by atoms with van der Waals surface area (Å²) in [6.07, 6.45) is 11.0. The maximum atomic E-state index is 10.7.